The number of nitrogens with zero attached hydrogens (tertiary/aromatic N) is 2. The van der Waals surface area contributed by atoms with Crippen molar-refractivity contribution in [2.75, 3.05) is 44.7 Å². The normalized spacial score (nSPS) is 27.5. The van der Waals surface area contributed by atoms with Gasteiger partial charge in [-0.15, -0.1) is 0 Å². The van der Waals surface area contributed by atoms with E-state index in [9.17, 15) is 9.18 Å². The number of rotatable bonds is 4. The molecular weight excluding hydrogens is 357 g/mol. The first-order valence-corrected chi connectivity index (χ1v) is 10.8. The number of hydrogen-bond donors (Lipinski definition) is 1. The molecule has 1 amide bonds. The van der Waals surface area contributed by atoms with Crippen LogP contribution in [0.3, 0.4) is 0 Å². The van der Waals surface area contributed by atoms with Gasteiger partial charge in [-0.05, 0) is 62.8 Å². The fraction of sp³-hybridized carbons (Fsp3) is 0.682. The second-order valence-corrected chi connectivity index (χ2v) is 8.40. The maximum absolute atomic E-state index is 13.0. The zero-order valence-corrected chi connectivity index (χ0v) is 16.6. The number of carbonyl (C=O) groups excluding carboxylic acids is 1. The Morgan fingerprint density at radius 2 is 1.57 bits per heavy atom. The first-order valence-electron chi connectivity index (χ1n) is 10.8. The van der Waals surface area contributed by atoms with Gasteiger partial charge in [-0.2, -0.15) is 0 Å². The minimum absolute atomic E-state index is 0.167. The smallest absolute Gasteiger partial charge is 0.225 e. The average Bonchev–Trinajstić information content (AvgIpc) is 2.76. The number of hydrogen-bond acceptors (Lipinski definition) is 4. The quantitative estimate of drug-likeness (QED) is 0.859. The van der Waals surface area contributed by atoms with Crippen LogP contribution >= 0.6 is 0 Å². The van der Waals surface area contributed by atoms with E-state index in [0.717, 1.165) is 83.6 Å². The van der Waals surface area contributed by atoms with Crippen molar-refractivity contribution in [2.45, 2.75) is 50.6 Å². The van der Waals surface area contributed by atoms with Crippen molar-refractivity contribution < 1.29 is 13.9 Å². The van der Waals surface area contributed by atoms with E-state index in [-0.39, 0.29) is 11.7 Å². The molecule has 2 saturated heterocycles. The molecule has 2 aliphatic heterocycles. The molecule has 1 aromatic carbocycles. The van der Waals surface area contributed by atoms with Crippen molar-refractivity contribution in [3.63, 3.8) is 0 Å². The van der Waals surface area contributed by atoms with Gasteiger partial charge < -0.3 is 15.0 Å². The third kappa shape index (κ3) is 4.84. The third-order valence-corrected chi connectivity index (χ3v) is 6.62. The highest BCUT2D eigenvalue weighted by molar-refractivity contribution is 5.79. The predicted octanol–water partition coefficient (Wildman–Crippen LogP) is 3.12. The van der Waals surface area contributed by atoms with Crippen LogP contribution in [0.4, 0.5) is 10.1 Å². The average molecular weight is 390 g/mol. The van der Waals surface area contributed by atoms with E-state index in [0.29, 0.717) is 18.0 Å². The molecule has 0 atom stereocenters. The highest BCUT2D eigenvalue weighted by atomic mass is 19.1. The zero-order valence-electron chi connectivity index (χ0n) is 16.6. The molecule has 0 aromatic heterocycles. The largest absolute Gasteiger partial charge is 0.382 e. The van der Waals surface area contributed by atoms with Gasteiger partial charge in [0, 0.05) is 63.1 Å². The molecular formula is C22H32FN3O2. The lowest BCUT2D eigenvalue weighted by atomic mass is 9.85. The number of ether oxygens (including phenoxy) is 1. The van der Waals surface area contributed by atoms with Crippen molar-refractivity contribution in [1.82, 2.24) is 9.80 Å². The second kappa shape index (κ2) is 9.23. The maximum Gasteiger partial charge on any atom is 0.225 e. The first kappa shape index (κ1) is 19.6. The van der Waals surface area contributed by atoms with Crippen molar-refractivity contribution in [1.29, 1.82) is 0 Å². The Balaban J connectivity index is 1.20. The van der Waals surface area contributed by atoms with E-state index in [4.69, 9.17) is 4.74 Å². The van der Waals surface area contributed by atoms with Gasteiger partial charge in [0.15, 0.2) is 0 Å². The Hall–Kier alpha value is -1.66. The van der Waals surface area contributed by atoms with E-state index in [2.05, 4.69) is 15.1 Å². The molecule has 1 aliphatic carbocycles. The van der Waals surface area contributed by atoms with Crippen molar-refractivity contribution in [3.8, 4) is 0 Å². The summed E-state index contributed by atoms with van der Waals surface area (Å²) < 4.78 is 18.5. The van der Waals surface area contributed by atoms with Crippen LogP contribution in [0.1, 0.15) is 38.5 Å². The van der Waals surface area contributed by atoms with Gasteiger partial charge in [-0.25, -0.2) is 4.39 Å². The Kier molecular flexibility index (Phi) is 6.47. The Labute approximate surface area is 167 Å². The van der Waals surface area contributed by atoms with Gasteiger partial charge >= 0.3 is 0 Å². The Bertz CT molecular complexity index is 632. The van der Waals surface area contributed by atoms with Crippen LogP contribution in [0.25, 0.3) is 0 Å². The molecule has 3 fully saturated rings. The number of anilines is 1. The van der Waals surface area contributed by atoms with E-state index >= 15 is 0 Å². The van der Waals surface area contributed by atoms with Gasteiger partial charge in [-0.3, -0.25) is 9.69 Å². The van der Waals surface area contributed by atoms with Gasteiger partial charge in [0.05, 0.1) is 0 Å². The lowest BCUT2D eigenvalue weighted by Crippen LogP contribution is -2.54. The molecule has 1 saturated carbocycles. The van der Waals surface area contributed by atoms with Gasteiger partial charge in [-0.1, -0.05) is 0 Å². The van der Waals surface area contributed by atoms with E-state index in [1.165, 1.54) is 12.1 Å². The Morgan fingerprint density at radius 1 is 0.929 bits per heavy atom. The molecule has 154 valence electrons. The number of halogens is 1. The summed E-state index contributed by atoms with van der Waals surface area (Å²) >= 11 is 0. The number of carbonyl (C=O) groups is 1. The third-order valence-electron chi connectivity index (χ3n) is 6.62. The number of nitrogens with one attached hydrogen (secondary N) is 1. The fourth-order valence-corrected chi connectivity index (χ4v) is 4.88. The molecule has 1 N–H and O–H groups in total. The molecule has 0 bridgehead atoms. The van der Waals surface area contributed by atoms with Crippen LogP contribution in [0.15, 0.2) is 24.3 Å². The van der Waals surface area contributed by atoms with Crippen molar-refractivity contribution in [3.05, 3.63) is 30.1 Å². The van der Waals surface area contributed by atoms with Gasteiger partial charge in [0.1, 0.15) is 5.82 Å². The summed E-state index contributed by atoms with van der Waals surface area (Å²) in [6.07, 6.45) is 6.12. The summed E-state index contributed by atoms with van der Waals surface area (Å²) in [7, 11) is 0. The number of amides is 1. The molecule has 1 aromatic rings. The minimum Gasteiger partial charge on any atom is -0.382 e. The minimum atomic E-state index is -0.211. The monoisotopic (exact) mass is 389 g/mol. The summed E-state index contributed by atoms with van der Waals surface area (Å²) in [6, 6.07) is 7.54. The summed E-state index contributed by atoms with van der Waals surface area (Å²) in [5.74, 6) is 0.310. The first-order chi connectivity index (χ1) is 13.7. The van der Waals surface area contributed by atoms with Crippen molar-refractivity contribution >= 4 is 11.6 Å². The highest BCUT2D eigenvalue weighted by Gasteiger charge is 2.32. The second-order valence-electron chi connectivity index (χ2n) is 8.40. The van der Waals surface area contributed by atoms with Crippen LogP contribution in [0.2, 0.25) is 0 Å². The molecule has 0 spiro atoms. The van der Waals surface area contributed by atoms with E-state index in [1.807, 2.05) is 0 Å². The molecule has 5 nitrogen and oxygen atoms in total. The summed E-state index contributed by atoms with van der Waals surface area (Å²) in [6.45, 7) is 5.47. The lowest BCUT2D eigenvalue weighted by molar-refractivity contribution is -0.139. The molecule has 28 heavy (non-hydrogen) atoms. The van der Waals surface area contributed by atoms with Crippen LogP contribution in [0, 0.1) is 11.7 Å². The van der Waals surface area contributed by atoms with Gasteiger partial charge in [0.25, 0.3) is 0 Å². The summed E-state index contributed by atoms with van der Waals surface area (Å²) in [4.78, 5) is 17.6. The van der Waals surface area contributed by atoms with Crippen LogP contribution in [0.5, 0.6) is 0 Å². The summed E-state index contributed by atoms with van der Waals surface area (Å²) in [5, 5.41) is 3.48. The molecule has 3 aliphatic rings. The van der Waals surface area contributed by atoms with Gasteiger partial charge in [0.2, 0.25) is 5.91 Å². The standard InChI is InChI=1S/C22H32FN3O2/c23-18-3-7-20(8-4-18)24-19-5-1-17(2-6-19)22(27)26-13-11-25(12-14-26)21-9-15-28-16-10-21/h3-4,7-8,17,19,21,24H,1-2,5-6,9-16H2. The van der Waals surface area contributed by atoms with E-state index in [1.54, 1.807) is 12.1 Å². The zero-order chi connectivity index (χ0) is 19.3. The Morgan fingerprint density at radius 3 is 2.21 bits per heavy atom. The predicted molar refractivity (Wildman–Crippen MR) is 108 cm³/mol. The topological polar surface area (TPSA) is 44.8 Å². The van der Waals surface area contributed by atoms with Crippen molar-refractivity contribution in [2.24, 2.45) is 5.92 Å². The molecule has 6 heteroatoms. The van der Waals surface area contributed by atoms with Crippen LogP contribution < -0.4 is 5.32 Å². The molecule has 0 radical (unpaired) electrons. The van der Waals surface area contributed by atoms with Crippen LogP contribution in [-0.4, -0.2) is 67.2 Å². The van der Waals surface area contributed by atoms with Crippen LogP contribution in [-0.2, 0) is 9.53 Å². The number of benzene rings is 1. The molecule has 2 heterocycles. The molecule has 0 unspecified atom stereocenters. The fourth-order valence-electron chi connectivity index (χ4n) is 4.88. The summed E-state index contributed by atoms with van der Waals surface area (Å²) in [5.41, 5.74) is 0.959. The maximum atomic E-state index is 13.0. The lowest BCUT2D eigenvalue weighted by Gasteiger charge is -2.42. The van der Waals surface area contributed by atoms with E-state index < -0.39 is 0 Å². The number of piperazine rings is 1. The molecule has 4 rings (SSSR count). The highest BCUT2D eigenvalue weighted by Crippen LogP contribution is 2.29. The SMILES string of the molecule is O=C(C1CCC(Nc2ccc(F)cc2)CC1)N1CCN(C2CCOCC2)CC1.